The molecule has 0 spiro atoms. The van der Waals surface area contributed by atoms with E-state index in [9.17, 15) is 0 Å². The summed E-state index contributed by atoms with van der Waals surface area (Å²) in [6.45, 7) is 7.65. The van der Waals surface area contributed by atoms with Crippen LogP contribution in [-0.2, 0) is 13.0 Å². The average molecular weight is 330 g/mol. The van der Waals surface area contributed by atoms with Gasteiger partial charge in [0.25, 0.3) is 0 Å². The number of aromatic nitrogens is 3. The summed E-state index contributed by atoms with van der Waals surface area (Å²) in [5.41, 5.74) is 0. The third-order valence-electron chi connectivity index (χ3n) is 3.37. The number of benzene rings is 1. The SMILES string of the molecule is CCNC(=NCCn1cnnc1CC)NCCOc1ccccc1. The lowest BCUT2D eigenvalue weighted by Crippen LogP contribution is -2.39. The molecule has 7 heteroatoms. The second-order valence-corrected chi connectivity index (χ2v) is 5.14. The normalized spacial score (nSPS) is 11.3. The van der Waals surface area contributed by atoms with Gasteiger partial charge in [0, 0.05) is 19.5 Å². The van der Waals surface area contributed by atoms with Gasteiger partial charge in [-0.2, -0.15) is 0 Å². The van der Waals surface area contributed by atoms with Gasteiger partial charge in [-0.15, -0.1) is 10.2 Å². The van der Waals surface area contributed by atoms with Crippen molar-refractivity contribution in [3.63, 3.8) is 0 Å². The third-order valence-corrected chi connectivity index (χ3v) is 3.37. The van der Waals surface area contributed by atoms with Gasteiger partial charge in [-0.05, 0) is 19.1 Å². The summed E-state index contributed by atoms with van der Waals surface area (Å²) in [6, 6.07) is 9.79. The van der Waals surface area contributed by atoms with E-state index >= 15 is 0 Å². The van der Waals surface area contributed by atoms with Gasteiger partial charge in [-0.25, -0.2) is 0 Å². The molecule has 7 nitrogen and oxygen atoms in total. The summed E-state index contributed by atoms with van der Waals surface area (Å²) in [7, 11) is 0. The molecular weight excluding hydrogens is 304 g/mol. The Morgan fingerprint density at radius 1 is 1.21 bits per heavy atom. The summed E-state index contributed by atoms with van der Waals surface area (Å²) in [4.78, 5) is 4.57. The molecule has 0 aliphatic heterocycles. The topological polar surface area (TPSA) is 76.4 Å². The first kappa shape index (κ1) is 17.8. The summed E-state index contributed by atoms with van der Waals surface area (Å²) in [5, 5.41) is 14.5. The van der Waals surface area contributed by atoms with Crippen LogP contribution in [0, 0.1) is 0 Å². The molecule has 1 aromatic heterocycles. The van der Waals surface area contributed by atoms with Crippen LogP contribution in [0.1, 0.15) is 19.7 Å². The second kappa shape index (κ2) is 10.3. The van der Waals surface area contributed by atoms with E-state index in [1.165, 1.54) is 0 Å². The Labute approximate surface area is 143 Å². The summed E-state index contributed by atoms with van der Waals surface area (Å²) < 4.78 is 7.70. The minimum Gasteiger partial charge on any atom is -0.492 e. The van der Waals surface area contributed by atoms with E-state index in [1.807, 2.05) is 41.8 Å². The molecule has 0 amide bonds. The minimum absolute atomic E-state index is 0.583. The number of aliphatic imine (C=N–C) groups is 1. The Bertz CT molecular complexity index is 611. The molecular formula is C17H26N6O. The lowest BCUT2D eigenvalue weighted by Gasteiger charge is -2.12. The number of ether oxygens (including phenoxy) is 1. The fourth-order valence-corrected chi connectivity index (χ4v) is 2.21. The molecule has 1 aromatic carbocycles. The first-order valence-corrected chi connectivity index (χ1v) is 8.40. The van der Waals surface area contributed by atoms with Gasteiger partial charge in [0.15, 0.2) is 5.96 Å². The lowest BCUT2D eigenvalue weighted by atomic mass is 10.3. The maximum atomic E-state index is 5.66. The zero-order valence-corrected chi connectivity index (χ0v) is 14.4. The van der Waals surface area contributed by atoms with Gasteiger partial charge in [0.1, 0.15) is 24.5 Å². The highest BCUT2D eigenvalue weighted by molar-refractivity contribution is 5.79. The number of guanidine groups is 1. The molecule has 2 rings (SSSR count). The monoisotopic (exact) mass is 330 g/mol. The molecule has 0 unspecified atom stereocenters. The maximum absolute atomic E-state index is 5.66. The van der Waals surface area contributed by atoms with Crippen molar-refractivity contribution in [1.29, 1.82) is 0 Å². The van der Waals surface area contributed by atoms with Crippen LogP contribution in [0.2, 0.25) is 0 Å². The van der Waals surface area contributed by atoms with Crippen LogP contribution in [-0.4, -0.2) is 47.0 Å². The highest BCUT2D eigenvalue weighted by atomic mass is 16.5. The zero-order valence-electron chi connectivity index (χ0n) is 14.4. The predicted octanol–water partition coefficient (Wildman–Crippen LogP) is 1.47. The van der Waals surface area contributed by atoms with Gasteiger partial charge in [0.2, 0.25) is 0 Å². The van der Waals surface area contributed by atoms with Crippen LogP contribution in [0.5, 0.6) is 5.75 Å². The van der Waals surface area contributed by atoms with Crippen LogP contribution in [0.3, 0.4) is 0 Å². The number of rotatable bonds is 9. The Balaban J connectivity index is 1.74. The standard InChI is InChI=1S/C17H26N6O/c1-3-16-22-21-14-23(16)12-10-19-17(18-4-2)20-11-13-24-15-8-6-5-7-9-15/h5-9,14H,3-4,10-13H2,1-2H3,(H2,18,19,20). The smallest absolute Gasteiger partial charge is 0.191 e. The highest BCUT2D eigenvalue weighted by Crippen LogP contribution is 2.07. The molecule has 1 heterocycles. The molecule has 0 saturated heterocycles. The second-order valence-electron chi connectivity index (χ2n) is 5.14. The fraction of sp³-hybridized carbons (Fsp3) is 0.471. The maximum Gasteiger partial charge on any atom is 0.191 e. The minimum atomic E-state index is 0.583. The van der Waals surface area contributed by atoms with Crippen LogP contribution < -0.4 is 15.4 Å². The molecule has 130 valence electrons. The predicted molar refractivity (Wildman–Crippen MR) is 95.3 cm³/mol. The first-order valence-electron chi connectivity index (χ1n) is 8.40. The van der Waals surface area contributed by atoms with Gasteiger partial charge in [-0.3, -0.25) is 4.99 Å². The molecule has 0 aliphatic rings. The number of hydrogen-bond acceptors (Lipinski definition) is 4. The van der Waals surface area contributed by atoms with Crippen LogP contribution >= 0.6 is 0 Å². The summed E-state index contributed by atoms with van der Waals surface area (Å²) >= 11 is 0. The molecule has 0 saturated carbocycles. The lowest BCUT2D eigenvalue weighted by molar-refractivity contribution is 0.322. The van der Waals surface area contributed by atoms with Gasteiger partial charge in [-0.1, -0.05) is 25.1 Å². The van der Waals surface area contributed by atoms with E-state index < -0.39 is 0 Å². The number of nitrogens with zero attached hydrogens (tertiary/aromatic N) is 4. The van der Waals surface area contributed by atoms with Crippen molar-refractivity contribution in [1.82, 2.24) is 25.4 Å². The molecule has 0 aliphatic carbocycles. The fourth-order valence-electron chi connectivity index (χ4n) is 2.21. The molecule has 0 radical (unpaired) electrons. The van der Waals surface area contributed by atoms with Crippen molar-refractivity contribution >= 4 is 5.96 Å². The Kier molecular flexibility index (Phi) is 7.59. The summed E-state index contributed by atoms with van der Waals surface area (Å²) in [5.74, 6) is 2.65. The van der Waals surface area contributed by atoms with E-state index in [2.05, 4.69) is 32.7 Å². The quantitative estimate of drug-likeness (QED) is 0.414. The number of hydrogen-bond donors (Lipinski definition) is 2. The van der Waals surface area contributed by atoms with Crippen LogP contribution in [0.4, 0.5) is 0 Å². The molecule has 24 heavy (non-hydrogen) atoms. The van der Waals surface area contributed by atoms with E-state index in [0.29, 0.717) is 19.7 Å². The molecule has 0 fully saturated rings. The van der Waals surface area contributed by atoms with Crippen molar-refractivity contribution < 1.29 is 4.74 Å². The highest BCUT2D eigenvalue weighted by Gasteiger charge is 2.01. The van der Waals surface area contributed by atoms with Crippen molar-refractivity contribution in [2.75, 3.05) is 26.2 Å². The molecule has 0 bridgehead atoms. The Morgan fingerprint density at radius 2 is 2.04 bits per heavy atom. The number of nitrogens with one attached hydrogen (secondary N) is 2. The van der Waals surface area contributed by atoms with Crippen LogP contribution in [0.25, 0.3) is 0 Å². The van der Waals surface area contributed by atoms with E-state index in [1.54, 1.807) is 6.33 Å². The average Bonchev–Trinajstić information content (AvgIpc) is 3.07. The van der Waals surface area contributed by atoms with Crippen molar-refractivity contribution in [2.24, 2.45) is 4.99 Å². The van der Waals surface area contributed by atoms with Crippen molar-refractivity contribution in [2.45, 2.75) is 26.8 Å². The molecule has 0 atom stereocenters. The van der Waals surface area contributed by atoms with Gasteiger partial charge in [0.05, 0.1) is 13.1 Å². The summed E-state index contributed by atoms with van der Waals surface area (Å²) in [6.07, 6.45) is 2.63. The van der Waals surface area contributed by atoms with E-state index in [4.69, 9.17) is 4.74 Å². The number of aryl methyl sites for hydroxylation is 1. The molecule has 2 N–H and O–H groups in total. The number of para-hydroxylation sites is 1. The third kappa shape index (κ3) is 5.91. The van der Waals surface area contributed by atoms with Crippen molar-refractivity contribution in [3.8, 4) is 5.75 Å². The van der Waals surface area contributed by atoms with Gasteiger partial charge < -0.3 is 19.9 Å². The van der Waals surface area contributed by atoms with E-state index in [0.717, 1.165) is 37.0 Å². The van der Waals surface area contributed by atoms with Crippen LogP contribution in [0.15, 0.2) is 41.7 Å². The largest absolute Gasteiger partial charge is 0.492 e. The Morgan fingerprint density at radius 3 is 2.79 bits per heavy atom. The zero-order chi connectivity index (χ0) is 17.0. The Hall–Kier alpha value is -2.57. The van der Waals surface area contributed by atoms with E-state index in [-0.39, 0.29) is 0 Å². The van der Waals surface area contributed by atoms with Gasteiger partial charge >= 0.3 is 0 Å². The molecule has 2 aromatic rings. The first-order chi connectivity index (χ1) is 11.8. The van der Waals surface area contributed by atoms with Crippen molar-refractivity contribution in [3.05, 3.63) is 42.5 Å².